The first-order valence-corrected chi connectivity index (χ1v) is 7.95. The van der Waals surface area contributed by atoms with Crippen LogP contribution in [0.3, 0.4) is 0 Å². The van der Waals surface area contributed by atoms with Crippen molar-refractivity contribution in [2.75, 3.05) is 4.72 Å². The van der Waals surface area contributed by atoms with Crippen molar-refractivity contribution in [3.63, 3.8) is 0 Å². The van der Waals surface area contributed by atoms with Gasteiger partial charge in [0.1, 0.15) is 10.8 Å². The molecule has 2 aromatic carbocycles. The van der Waals surface area contributed by atoms with E-state index in [-0.39, 0.29) is 26.2 Å². The number of nitrogens with one attached hydrogen (secondary N) is 1. The highest BCUT2D eigenvalue weighted by molar-refractivity contribution is 7.93. The van der Waals surface area contributed by atoms with E-state index in [2.05, 4.69) is 4.72 Å². The lowest BCUT2D eigenvalue weighted by Gasteiger charge is -2.12. The van der Waals surface area contributed by atoms with Gasteiger partial charge in [-0.1, -0.05) is 42.0 Å². The summed E-state index contributed by atoms with van der Waals surface area (Å²) in [7, 11) is -4.02. The van der Waals surface area contributed by atoms with Gasteiger partial charge in [-0.05, 0) is 24.3 Å². The van der Waals surface area contributed by atoms with E-state index in [1.807, 2.05) is 0 Å². The first-order chi connectivity index (χ1) is 9.81. The van der Waals surface area contributed by atoms with Crippen LogP contribution in [0.1, 0.15) is 5.56 Å². The summed E-state index contributed by atoms with van der Waals surface area (Å²) in [6.45, 7) is 0. The molecule has 21 heavy (non-hydrogen) atoms. The molecule has 0 aliphatic heterocycles. The van der Waals surface area contributed by atoms with Gasteiger partial charge in [0.25, 0.3) is 10.0 Å². The maximum atomic E-state index is 13.7. The molecule has 0 aromatic heterocycles. The molecule has 2 rings (SSSR count). The van der Waals surface area contributed by atoms with E-state index in [9.17, 15) is 12.8 Å². The predicted octanol–water partition coefficient (Wildman–Crippen LogP) is 2.91. The van der Waals surface area contributed by atoms with Crippen LogP contribution in [0.2, 0.25) is 5.02 Å². The molecule has 0 fully saturated rings. The lowest BCUT2D eigenvalue weighted by Crippen LogP contribution is -2.20. The van der Waals surface area contributed by atoms with Crippen LogP contribution < -0.4 is 10.5 Å². The number of hydrogen-bond donors (Lipinski definition) is 2. The number of hydrogen-bond acceptors (Lipinski definition) is 3. The zero-order valence-electron chi connectivity index (χ0n) is 10.5. The van der Waals surface area contributed by atoms with E-state index in [0.29, 0.717) is 0 Å². The molecule has 0 aliphatic rings. The van der Waals surface area contributed by atoms with E-state index in [1.54, 1.807) is 6.07 Å². The van der Waals surface area contributed by atoms with E-state index in [0.717, 1.165) is 6.07 Å². The molecule has 0 unspecified atom stereocenters. The second kappa shape index (κ2) is 5.97. The number of benzene rings is 2. The average Bonchev–Trinajstić information content (AvgIpc) is 2.42. The summed E-state index contributed by atoms with van der Waals surface area (Å²) in [4.78, 5) is -0.181. The van der Waals surface area contributed by atoms with Gasteiger partial charge in [0, 0.05) is 10.6 Å². The second-order valence-corrected chi connectivity index (χ2v) is 6.62. The molecule has 0 saturated heterocycles. The third-order valence-corrected chi connectivity index (χ3v) is 4.50. The Balaban J connectivity index is 2.46. The lowest BCUT2D eigenvalue weighted by molar-refractivity contribution is 0.598. The molecule has 0 atom stereocenters. The quantitative estimate of drug-likeness (QED) is 0.836. The van der Waals surface area contributed by atoms with Gasteiger partial charge in [0.05, 0.1) is 10.6 Å². The second-order valence-electron chi connectivity index (χ2n) is 4.09. The first-order valence-electron chi connectivity index (χ1n) is 5.68. The molecule has 8 heteroatoms. The first kappa shape index (κ1) is 15.7. The minimum atomic E-state index is -4.02. The predicted molar refractivity (Wildman–Crippen MR) is 84.5 cm³/mol. The molecule has 2 aromatic rings. The Morgan fingerprint density at radius 3 is 2.52 bits per heavy atom. The molecule has 0 spiro atoms. The van der Waals surface area contributed by atoms with E-state index >= 15 is 0 Å². The highest BCUT2D eigenvalue weighted by atomic mass is 35.5. The summed E-state index contributed by atoms with van der Waals surface area (Å²) in [6.07, 6.45) is 0. The van der Waals surface area contributed by atoms with Gasteiger partial charge in [-0.25, -0.2) is 12.8 Å². The Bertz CT molecular complexity index is 810. The van der Waals surface area contributed by atoms with Gasteiger partial charge >= 0.3 is 0 Å². The summed E-state index contributed by atoms with van der Waals surface area (Å²) in [5.41, 5.74) is 5.48. The fourth-order valence-electron chi connectivity index (χ4n) is 1.68. The molecule has 0 bridgehead atoms. The average molecular weight is 345 g/mol. The van der Waals surface area contributed by atoms with Crippen molar-refractivity contribution in [3.8, 4) is 0 Å². The monoisotopic (exact) mass is 344 g/mol. The molecule has 0 saturated carbocycles. The van der Waals surface area contributed by atoms with Gasteiger partial charge in [-0.2, -0.15) is 0 Å². The summed E-state index contributed by atoms with van der Waals surface area (Å²) in [5, 5.41) is 0.166. The van der Waals surface area contributed by atoms with Crippen LogP contribution in [0.5, 0.6) is 0 Å². The Hall–Kier alpha value is -1.70. The van der Waals surface area contributed by atoms with Gasteiger partial charge < -0.3 is 5.73 Å². The summed E-state index contributed by atoms with van der Waals surface area (Å²) >= 11 is 10.4. The molecule has 110 valence electrons. The SMILES string of the molecule is NC(=S)c1ccccc1S(=O)(=O)Nc1ccc(Cl)cc1F. The molecule has 0 radical (unpaired) electrons. The summed E-state index contributed by atoms with van der Waals surface area (Å²) in [5.74, 6) is -0.779. The van der Waals surface area contributed by atoms with Crippen molar-refractivity contribution < 1.29 is 12.8 Å². The van der Waals surface area contributed by atoms with Crippen LogP contribution >= 0.6 is 23.8 Å². The highest BCUT2D eigenvalue weighted by Crippen LogP contribution is 2.23. The topological polar surface area (TPSA) is 72.2 Å². The smallest absolute Gasteiger partial charge is 0.262 e. The largest absolute Gasteiger partial charge is 0.389 e. The van der Waals surface area contributed by atoms with Gasteiger partial charge in [0.2, 0.25) is 0 Å². The maximum absolute atomic E-state index is 13.7. The fourth-order valence-corrected chi connectivity index (χ4v) is 3.37. The van der Waals surface area contributed by atoms with Crippen molar-refractivity contribution in [1.82, 2.24) is 0 Å². The summed E-state index contributed by atoms with van der Waals surface area (Å²) in [6, 6.07) is 9.57. The van der Waals surface area contributed by atoms with Crippen molar-refractivity contribution >= 4 is 44.5 Å². The fraction of sp³-hybridized carbons (Fsp3) is 0. The van der Waals surface area contributed by atoms with Crippen molar-refractivity contribution in [2.24, 2.45) is 5.73 Å². The number of nitrogens with two attached hydrogens (primary N) is 1. The molecule has 3 N–H and O–H groups in total. The molecular formula is C13H10ClFN2O2S2. The number of rotatable bonds is 4. The minimum absolute atomic E-state index is 0.0625. The van der Waals surface area contributed by atoms with Gasteiger partial charge in [-0.15, -0.1) is 0 Å². The van der Waals surface area contributed by atoms with Crippen molar-refractivity contribution in [2.45, 2.75) is 4.90 Å². The Morgan fingerprint density at radius 1 is 1.24 bits per heavy atom. The molecule has 0 heterocycles. The van der Waals surface area contributed by atoms with Crippen molar-refractivity contribution in [3.05, 3.63) is 58.9 Å². The molecule has 0 aliphatic carbocycles. The Labute approximate surface area is 131 Å². The van der Waals surface area contributed by atoms with Crippen LogP contribution in [0.25, 0.3) is 0 Å². The third-order valence-electron chi connectivity index (χ3n) is 2.62. The molecule has 4 nitrogen and oxygen atoms in total. The zero-order valence-corrected chi connectivity index (χ0v) is 12.9. The van der Waals surface area contributed by atoms with Crippen LogP contribution in [-0.2, 0) is 10.0 Å². The number of thiocarbonyl (C=S) groups is 1. The highest BCUT2D eigenvalue weighted by Gasteiger charge is 2.20. The number of anilines is 1. The number of halogens is 2. The van der Waals surface area contributed by atoms with Gasteiger partial charge in [-0.3, -0.25) is 4.72 Å². The van der Waals surface area contributed by atoms with Crippen LogP contribution in [-0.4, -0.2) is 13.4 Å². The van der Waals surface area contributed by atoms with Gasteiger partial charge in [0.15, 0.2) is 0 Å². The van der Waals surface area contributed by atoms with Crippen molar-refractivity contribution in [1.29, 1.82) is 0 Å². The summed E-state index contributed by atoms with van der Waals surface area (Å²) < 4.78 is 40.5. The van der Waals surface area contributed by atoms with E-state index in [4.69, 9.17) is 29.6 Å². The van der Waals surface area contributed by atoms with Crippen LogP contribution in [0.15, 0.2) is 47.4 Å². The zero-order chi connectivity index (χ0) is 15.6. The third kappa shape index (κ3) is 3.49. The molecule has 0 amide bonds. The van der Waals surface area contributed by atoms with Crippen LogP contribution in [0, 0.1) is 5.82 Å². The Kier molecular flexibility index (Phi) is 4.46. The lowest BCUT2D eigenvalue weighted by atomic mass is 10.2. The standard InChI is InChI=1S/C13H10ClFN2O2S2/c14-8-5-6-11(10(15)7-8)17-21(18,19)12-4-2-1-3-9(12)13(16)20/h1-7,17H,(H2,16,20). The van der Waals surface area contributed by atoms with E-state index in [1.165, 1.54) is 30.3 Å². The van der Waals surface area contributed by atoms with Crippen LogP contribution in [0.4, 0.5) is 10.1 Å². The number of sulfonamides is 1. The van der Waals surface area contributed by atoms with E-state index < -0.39 is 15.8 Å². The Morgan fingerprint density at radius 2 is 1.90 bits per heavy atom. The maximum Gasteiger partial charge on any atom is 0.262 e. The molecular weight excluding hydrogens is 335 g/mol. The minimum Gasteiger partial charge on any atom is -0.389 e. The normalized spacial score (nSPS) is 11.1.